The van der Waals surface area contributed by atoms with E-state index < -0.39 is 17.6 Å². The van der Waals surface area contributed by atoms with Gasteiger partial charge in [-0.3, -0.25) is 4.79 Å². The fourth-order valence-corrected chi connectivity index (χ4v) is 6.55. The molecule has 0 radical (unpaired) electrons. The van der Waals surface area contributed by atoms with Crippen molar-refractivity contribution in [2.24, 2.45) is 17.3 Å². The Kier molecular flexibility index (Phi) is 6.97. The highest BCUT2D eigenvalue weighted by Crippen LogP contribution is 2.53. The molecular formula is C31H38O5. The van der Waals surface area contributed by atoms with Gasteiger partial charge in [0.15, 0.2) is 5.78 Å². The molecule has 0 unspecified atom stereocenters. The topological polar surface area (TPSA) is 65.0 Å². The van der Waals surface area contributed by atoms with Gasteiger partial charge in [0.1, 0.15) is 23.2 Å². The molecule has 0 aromatic heterocycles. The van der Waals surface area contributed by atoms with E-state index in [0.717, 1.165) is 37.0 Å². The highest BCUT2D eigenvalue weighted by atomic mass is 16.5. The van der Waals surface area contributed by atoms with Crippen LogP contribution in [-0.2, 0) is 16.1 Å². The first-order valence-electron chi connectivity index (χ1n) is 13.2. The van der Waals surface area contributed by atoms with Gasteiger partial charge in [0.05, 0.1) is 25.7 Å². The van der Waals surface area contributed by atoms with E-state index in [1.54, 1.807) is 7.11 Å². The SMILES string of the molecule is COc1ccc(O[C@@H]2/C=C3/CC[C@H](CC(=O)[C@]4(O)CCC[C@@H](OCc5ccccc5)[C@H]24)C3(C)C)cc1. The second-order valence-electron chi connectivity index (χ2n) is 11.2. The van der Waals surface area contributed by atoms with Crippen molar-refractivity contribution < 1.29 is 24.1 Å². The molecule has 2 aromatic rings. The number of carbonyl (C=O) groups excluding carboxylic acids is 1. The molecule has 1 N–H and O–H groups in total. The van der Waals surface area contributed by atoms with Crippen molar-refractivity contribution in [3.05, 3.63) is 71.8 Å². The number of ether oxygens (including phenoxy) is 3. The molecular weight excluding hydrogens is 452 g/mol. The molecule has 2 bridgehead atoms. The van der Waals surface area contributed by atoms with Crippen molar-refractivity contribution in [1.82, 2.24) is 0 Å². The second kappa shape index (κ2) is 10.0. The quantitative estimate of drug-likeness (QED) is 0.511. The Morgan fingerprint density at radius 2 is 1.72 bits per heavy atom. The summed E-state index contributed by atoms with van der Waals surface area (Å²) in [6, 6.07) is 17.6. The largest absolute Gasteiger partial charge is 0.497 e. The third-order valence-electron chi connectivity index (χ3n) is 8.88. The molecule has 0 aliphatic heterocycles. The predicted molar refractivity (Wildman–Crippen MR) is 139 cm³/mol. The van der Waals surface area contributed by atoms with E-state index in [1.165, 1.54) is 5.57 Å². The zero-order chi connectivity index (χ0) is 25.3. The Hall–Kier alpha value is -2.63. The zero-order valence-corrected chi connectivity index (χ0v) is 21.6. The summed E-state index contributed by atoms with van der Waals surface area (Å²) < 4.78 is 18.4. The van der Waals surface area contributed by atoms with Crippen molar-refractivity contribution >= 4 is 5.78 Å². The van der Waals surface area contributed by atoms with Crippen molar-refractivity contribution in [2.75, 3.05) is 7.11 Å². The van der Waals surface area contributed by atoms with Crippen LogP contribution in [0.5, 0.6) is 11.5 Å². The first-order chi connectivity index (χ1) is 17.3. The number of benzene rings is 2. The van der Waals surface area contributed by atoms with E-state index in [1.807, 2.05) is 54.6 Å². The minimum Gasteiger partial charge on any atom is -0.497 e. The highest BCUT2D eigenvalue weighted by molar-refractivity contribution is 5.88. The van der Waals surface area contributed by atoms with Gasteiger partial charge >= 0.3 is 0 Å². The summed E-state index contributed by atoms with van der Waals surface area (Å²) >= 11 is 0. The standard InChI is InChI=1S/C31H38O5/c1-30(2)22-11-12-23(30)19-28(32)31(33)17-7-10-26(35-20-21-8-5-4-6-9-21)29(31)27(18-22)36-25-15-13-24(34-3)14-16-25/h4-6,8-9,13-16,18,23,26-27,29,33H,7,10-12,17,19-20H2,1-3H3/b22-18-/t23-,26-,27-,29-,31-/m1/s1. The summed E-state index contributed by atoms with van der Waals surface area (Å²) in [7, 11) is 1.64. The third-order valence-corrected chi connectivity index (χ3v) is 8.88. The van der Waals surface area contributed by atoms with Crippen LogP contribution < -0.4 is 9.47 Å². The minimum absolute atomic E-state index is 0.0570. The number of rotatable bonds is 6. The van der Waals surface area contributed by atoms with E-state index in [4.69, 9.17) is 14.2 Å². The molecule has 5 rings (SSSR count). The van der Waals surface area contributed by atoms with E-state index >= 15 is 0 Å². The predicted octanol–water partition coefficient (Wildman–Crippen LogP) is 5.89. The summed E-state index contributed by atoms with van der Waals surface area (Å²) in [5.41, 5.74) is 0.804. The number of carbonyl (C=O) groups is 1. The number of aliphatic hydroxyl groups is 1. The average molecular weight is 491 g/mol. The fraction of sp³-hybridized carbons (Fsp3) is 0.516. The number of fused-ring (bicyclic) bond motifs is 3. The van der Waals surface area contributed by atoms with Gasteiger partial charge in [0, 0.05) is 6.42 Å². The Labute approximate surface area is 214 Å². The van der Waals surface area contributed by atoms with Crippen LogP contribution in [-0.4, -0.2) is 35.8 Å². The minimum atomic E-state index is -1.48. The Morgan fingerprint density at radius 1 is 1.00 bits per heavy atom. The van der Waals surface area contributed by atoms with Gasteiger partial charge < -0.3 is 19.3 Å². The fourth-order valence-electron chi connectivity index (χ4n) is 6.55. The number of methoxy groups -OCH3 is 1. The maximum Gasteiger partial charge on any atom is 0.165 e. The van der Waals surface area contributed by atoms with Gasteiger partial charge in [-0.1, -0.05) is 49.8 Å². The second-order valence-corrected chi connectivity index (χ2v) is 11.2. The van der Waals surface area contributed by atoms with E-state index in [2.05, 4.69) is 19.9 Å². The van der Waals surface area contributed by atoms with Crippen LogP contribution in [0.1, 0.15) is 57.9 Å². The Morgan fingerprint density at radius 3 is 2.44 bits per heavy atom. The number of allylic oxidation sites excluding steroid dienone is 1. The Balaban J connectivity index is 1.54. The summed E-state index contributed by atoms with van der Waals surface area (Å²) in [5, 5.41) is 12.1. The number of hydrogen-bond donors (Lipinski definition) is 1. The van der Waals surface area contributed by atoms with Crippen LogP contribution in [0.15, 0.2) is 66.2 Å². The molecule has 0 spiro atoms. The van der Waals surface area contributed by atoms with Crippen LogP contribution in [0.2, 0.25) is 0 Å². The van der Waals surface area contributed by atoms with E-state index in [0.29, 0.717) is 25.2 Å². The maximum absolute atomic E-state index is 13.9. The van der Waals surface area contributed by atoms with Crippen molar-refractivity contribution in [2.45, 2.75) is 76.8 Å². The molecule has 36 heavy (non-hydrogen) atoms. The molecule has 5 nitrogen and oxygen atoms in total. The first kappa shape index (κ1) is 25.0. The van der Waals surface area contributed by atoms with Crippen molar-refractivity contribution in [1.29, 1.82) is 0 Å². The van der Waals surface area contributed by atoms with Gasteiger partial charge in [-0.15, -0.1) is 0 Å². The molecule has 2 fully saturated rings. The lowest BCUT2D eigenvalue weighted by Crippen LogP contribution is -2.59. The molecule has 2 aromatic carbocycles. The smallest absolute Gasteiger partial charge is 0.165 e. The summed E-state index contributed by atoms with van der Waals surface area (Å²) in [4.78, 5) is 13.9. The van der Waals surface area contributed by atoms with Gasteiger partial charge in [0.2, 0.25) is 0 Å². The summed E-state index contributed by atoms with van der Waals surface area (Å²) in [6.07, 6.45) is 5.72. The maximum atomic E-state index is 13.9. The third kappa shape index (κ3) is 4.71. The molecule has 0 heterocycles. The molecule has 3 aliphatic carbocycles. The van der Waals surface area contributed by atoms with Crippen LogP contribution in [0.3, 0.4) is 0 Å². The average Bonchev–Trinajstić information content (AvgIpc) is 3.16. The number of ketones is 1. The monoisotopic (exact) mass is 490 g/mol. The first-order valence-corrected chi connectivity index (χ1v) is 13.2. The van der Waals surface area contributed by atoms with Gasteiger partial charge in [0.25, 0.3) is 0 Å². The molecule has 2 saturated carbocycles. The summed E-state index contributed by atoms with van der Waals surface area (Å²) in [5.74, 6) is 1.12. The van der Waals surface area contributed by atoms with Crippen LogP contribution in [0, 0.1) is 17.3 Å². The van der Waals surface area contributed by atoms with Gasteiger partial charge in [-0.2, -0.15) is 0 Å². The molecule has 3 aliphatic rings. The van der Waals surface area contributed by atoms with Crippen LogP contribution in [0.25, 0.3) is 0 Å². The molecule has 5 heteroatoms. The normalized spacial score (nSPS) is 32.9. The van der Waals surface area contributed by atoms with Gasteiger partial charge in [-0.25, -0.2) is 0 Å². The molecule has 192 valence electrons. The molecule has 0 amide bonds. The van der Waals surface area contributed by atoms with Crippen LogP contribution in [0.4, 0.5) is 0 Å². The van der Waals surface area contributed by atoms with Crippen molar-refractivity contribution in [3.63, 3.8) is 0 Å². The van der Waals surface area contributed by atoms with Crippen molar-refractivity contribution in [3.8, 4) is 11.5 Å². The van der Waals surface area contributed by atoms with E-state index in [-0.39, 0.29) is 23.2 Å². The summed E-state index contributed by atoms with van der Waals surface area (Å²) in [6.45, 7) is 4.90. The number of hydrogen-bond acceptors (Lipinski definition) is 5. The van der Waals surface area contributed by atoms with Crippen LogP contribution >= 0.6 is 0 Å². The lowest BCUT2D eigenvalue weighted by molar-refractivity contribution is -0.174. The molecule has 5 atom stereocenters. The molecule has 0 saturated heterocycles. The zero-order valence-electron chi connectivity index (χ0n) is 21.6. The van der Waals surface area contributed by atoms with Gasteiger partial charge in [-0.05, 0) is 79.3 Å². The Bertz CT molecular complexity index is 1090. The lowest BCUT2D eigenvalue weighted by Gasteiger charge is -2.46. The van der Waals surface area contributed by atoms with E-state index in [9.17, 15) is 9.90 Å². The highest BCUT2D eigenvalue weighted by Gasteiger charge is 2.56. The lowest BCUT2D eigenvalue weighted by atomic mass is 9.67. The number of Topliss-reactive ketones (excluding diaryl/α,β-unsaturated/α-hetero) is 1.